The number of aliphatic hydroxyl groups is 1. The number of halogens is 2. The highest BCUT2D eigenvalue weighted by Crippen LogP contribution is 2.32. The summed E-state index contributed by atoms with van der Waals surface area (Å²) in [6.07, 6.45) is 0.824. The van der Waals surface area contributed by atoms with Crippen LogP contribution >= 0.6 is 27.5 Å². The van der Waals surface area contributed by atoms with Gasteiger partial charge in [-0.3, -0.25) is 0 Å². The first-order valence-corrected chi connectivity index (χ1v) is 5.90. The van der Waals surface area contributed by atoms with E-state index in [0.717, 1.165) is 10.0 Å². The average Bonchev–Trinajstić information content (AvgIpc) is 2.30. The van der Waals surface area contributed by atoms with Crippen LogP contribution in [0.2, 0.25) is 5.15 Å². The zero-order valence-electron chi connectivity index (χ0n) is 8.27. The molecule has 0 bridgehead atoms. The van der Waals surface area contributed by atoms with Crippen molar-refractivity contribution in [1.82, 2.24) is 4.98 Å². The summed E-state index contributed by atoms with van der Waals surface area (Å²) in [5.41, 5.74) is 1.38. The fourth-order valence-electron chi connectivity index (χ4n) is 1.47. The minimum Gasteiger partial charge on any atom is -0.384 e. The Morgan fingerprint density at radius 2 is 1.88 bits per heavy atom. The maximum Gasteiger partial charge on any atom is 0.136 e. The van der Waals surface area contributed by atoms with Crippen molar-refractivity contribution in [3.05, 3.63) is 63.3 Å². The maximum absolute atomic E-state index is 10.2. The van der Waals surface area contributed by atoms with Gasteiger partial charge in [-0.05, 0) is 11.6 Å². The lowest BCUT2D eigenvalue weighted by atomic mass is 10.0. The number of aromatic nitrogens is 1. The lowest BCUT2D eigenvalue weighted by molar-refractivity contribution is 0.219. The second-order valence-electron chi connectivity index (χ2n) is 3.31. The lowest BCUT2D eigenvalue weighted by Crippen LogP contribution is -2.02. The summed E-state index contributed by atoms with van der Waals surface area (Å²) in [5, 5.41) is 10.5. The van der Waals surface area contributed by atoms with E-state index in [1.807, 2.05) is 30.3 Å². The van der Waals surface area contributed by atoms with Crippen molar-refractivity contribution in [2.75, 3.05) is 0 Å². The third kappa shape index (κ3) is 2.26. The molecule has 1 N–H and O–H groups in total. The molecule has 1 heterocycles. The van der Waals surface area contributed by atoms with Crippen molar-refractivity contribution >= 4 is 27.5 Å². The number of benzene rings is 1. The number of nitrogens with zero attached hydrogens (tertiary/aromatic N) is 1. The first-order valence-electron chi connectivity index (χ1n) is 4.73. The van der Waals surface area contributed by atoms with E-state index in [9.17, 15) is 5.11 Å². The first kappa shape index (κ1) is 11.6. The van der Waals surface area contributed by atoms with Crippen LogP contribution < -0.4 is 0 Å². The molecular formula is C12H9BrClNO. The van der Waals surface area contributed by atoms with Crippen molar-refractivity contribution in [3.8, 4) is 0 Å². The molecule has 82 valence electrons. The van der Waals surface area contributed by atoms with Crippen LogP contribution in [0.4, 0.5) is 0 Å². The van der Waals surface area contributed by atoms with Gasteiger partial charge in [0.05, 0.1) is 0 Å². The van der Waals surface area contributed by atoms with Gasteiger partial charge in [0.15, 0.2) is 0 Å². The molecule has 0 aliphatic heterocycles. The summed E-state index contributed by atoms with van der Waals surface area (Å²) in [5.74, 6) is 0. The Morgan fingerprint density at radius 1 is 1.19 bits per heavy atom. The van der Waals surface area contributed by atoms with E-state index in [1.54, 1.807) is 12.3 Å². The molecule has 2 nitrogen and oxygen atoms in total. The summed E-state index contributed by atoms with van der Waals surface area (Å²) in [4.78, 5) is 3.96. The van der Waals surface area contributed by atoms with Gasteiger partial charge in [-0.25, -0.2) is 4.98 Å². The van der Waals surface area contributed by atoms with Gasteiger partial charge in [0.25, 0.3) is 0 Å². The minimum atomic E-state index is -0.767. The molecule has 0 aliphatic carbocycles. The molecule has 1 aromatic carbocycles. The standard InChI is InChI=1S/C12H9BrClNO/c13-9-6-7-15-12(14)10(9)11(16)8-4-2-1-3-5-8/h1-7,11,16H. The van der Waals surface area contributed by atoms with Crippen molar-refractivity contribution in [1.29, 1.82) is 0 Å². The van der Waals surface area contributed by atoms with Gasteiger partial charge in [-0.15, -0.1) is 0 Å². The molecule has 0 radical (unpaired) electrons. The zero-order chi connectivity index (χ0) is 11.5. The van der Waals surface area contributed by atoms with Gasteiger partial charge in [0.1, 0.15) is 11.3 Å². The van der Waals surface area contributed by atoms with E-state index in [2.05, 4.69) is 20.9 Å². The topological polar surface area (TPSA) is 33.1 Å². The average molecular weight is 299 g/mol. The molecule has 16 heavy (non-hydrogen) atoms. The maximum atomic E-state index is 10.2. The highest BCUT2D eigenvalue weighted by atomic mass is 79.9. The molecule has 0 fully saturated rings. The molecule has 1 unspecified atom stereocenters. The fraction of sp³-hybridized carbons (Fsp3) is 0.0833. The Hall–Kier alpha value is -0.900. The molecule has 0 saturated heterocycles. The van der Waals surface area contributed by atoms with E-state index in [-0.39, 0.29) is 0 Å². The van der Waals surface area contributed by atoms with Crippen molar-refractivity contribution < 1.29 is 5.11 Å². The van der Waals surface area contributed by atoms with Crippen LogP contribution in [-0.4, -0.2) is 10.1 Å². The summed E-state index contributed by atoms with van der Waals surface area (Å²) in [6, 6.07) is 11.1. The smallest absolute Gasteiger partial charge is 0.136 e. The summed E-state index contributed by atoms with van der Waals surface area (Å²) < 4.78 is 0.754. The van der Waals surface area contributed by atoms with Gasteiger partial charge in [-0.1, -0.05) is 57.9 Å². The minimum absolute atomic E-state index is 0.311. The summed E-state index contributed by atoms with van der Waals surface area (Å²) in [6.45, 7) is 0. The van der Waals surface area contributed by atoms with E-state index >= 15 is 0 Å². The molecule has 1 aromatic heterocycles. The Labute approximate surface area is 107 Å². The van der Waals surface area contributed by atoms with Gasteiger partial charge in [0.2, 0.25) is 0 Å². The van der Waals surface area contributed by atoms with Crippen LogP contribution in [0.1, 0.15) is 17.2 Å². The number of pyridine rings is 1. The second-order valence-corrected chi connectivity index (χ2v) is 4.52. The van der Waals surface area contributed by atoms with Crippen LogP contribution in [0.25, 0.3) is 0 Å². The Bertz CT molecular complexity index is 469. The first-order chi connectivity index (χ1) is 7.70. The largest absolute Gasteiger partial charge is 0.384 e. The fourth-order valence-corrected chi connectivity index (χ4v) is 2.37. The predicted octanol–water partition coefficient (Wildman–Crippen LogP) is 3.58. The number of hydrogen-bond acceptors (Lipinski definition) is 2. The third-order valence-electron chi connectivity index (χ3n) is 2.28. The number of aliphatic hydroxyl groups excluding tert-OH is 1. The summed E-state index contributed by atoms with van der Waals surface area (Å²) >= 11 is 9.33. The molecular weight excluding hydrogens is 289 g/mol. The van der Waals surface area contributed by atoms with E-state index in [1.165, 1.54) is 0 Å². The number of hydrogen-bond donors (Lipinski definition) is 1. The van der Waals surface area contributed by atoms with Crippen LogP contribution in [0, 0.1) is 0 Å². The van der Waals surface area contributed by atoms with Gasteiger partial charge >= 0.3 is 0 Å². The van der Waals surface area contributed by atoms with Crippen LogP contribution in [-0.2, 0) is 0 Å². The Balaban J connectivity index is 2.46. The summed E-state index contributed by atoms with van der Waals surface area (Å²) in [7, 11) is 0. The molecule has 0 spiro atoms. The lowest BCUT2D eigenvalue weighted by Gasteiger charge is -2.13. The molecule has 0 saturated carbocycles. The number of rotatable bonds is 2. The quantitative estimate of drug-likeness (QED) is 0.860. The Morgan fingerprint density at radius 3 is 2.50 bits per heavy atom. The third-order valence-corrected chi connectivity index (χ3v) is 3.27. The van der Waals surface area contributed by atoms with Gasteiger partial charge in [-0.2, -0.15) is 0 Å². The highest BCUT2D eigenvalue weighted by molar-refractivity contribution is 9.10. The molecule has 1 atom stereocenters. The van der Waals surface area contributed by atoms with Crippen molar-refractivity contribution in [2.45, 2.75) is 6.10 Å². The zero-order valence-corrected chi connectivity index (χ0v) is 10.6. The van der Waals surface area contributed by atoms with E-state index in [4.69, 9.17) is 11.6 Å². The normalized spacial score (nSPS) is 12.4. The van der Waals surface area contributed by atoms with Crippen molar-refractivity contribution in [3.63, 3.8) is 0 Å². The van der Waals surface area contributed by atoms with E-state index in [0.29, 0.717) is 10.7 Å². The Kier molecular flexibility index (Phi) is 3.59. The van der Waals surface area contributed by atoms with Gasteiger partial charge in [0, 0.05) is 16.2 Å². The van der Waals surface area contributed by atoms with E-state index < -0.39 is 6.10 Å². The SMILES string of the molecule is OC(c1ccccc1)c1c(Br)ccnc1Cl. The van der Waals surface area contributed by atoms with Gasteiger partial charge < -0.3 is 5.11 Å². The highest BCUT2D eigenvalue weighted by Gasteiger charge is 2.17. The molecule has 2 aromatic rings. The monoisotopic (exact) mass is 297 g/mol. The molecule has 2 rings (SSSR count). The van der Waals surface area contributed by atoms with Crippen molar-refractivity contribution in [2.24, 2.45) is 0 Å². The van der Waals surface area contributed by atoms with Crippen LogP contribution in [0.5, 0.6) is 0 Å². The molecule has 0 amide bonds. The molecule has 0 aliphatic rings. The predicted molar refractivity (Wildman–Crippen MR) is 67.5 cm³/mol. The van der Waals surface area contributed by atoms with Crippen LogP contribution in [0.3, 0.4) is 0 Å². The molecule has 4 heteroatoms. The second kappa shape index (κ2) is 4.95. The van der Waals surface area contributed by atoms with Crippen LogP contribution in [0.15, 0.2) is 47.1 Å².